The fourth-order valence-corrected chi connectivity index (χ4v) is 3.68. The third-order valence-corrected chi connectivity index (χ3v) is 5.98. The van der Waals surface area contributed by atoms with Gasteiger partial charge in [-0.05, 0) is 75.0 Å². The van der Waals surface area contributed by atoms with Crippen molar-refractivity contribution in [1.82, 2.24) is 9.88 Å². The van der Waals surface area contributed by atoms with E-state index < -0.39 is 0 Å². The van der Waals surface area contributed by atoms with Crippen molar-refractivity contribution in [2.75, 3.05) is 20.1 Å². The molecule has 0 atom stereocenters. The number of aryl methyl sites for hydroxylation is 2. The highest BCUT2D eigenvalue weighted by atomic mass is 16.1. The van der Waals surface area contributed by atoms with Crippen LogP contribution in [0.15, 0.2) is 77.7 Å². The summed E-state index contributed by atoms with van der Waals surface area (Å²) in [5.41, 5.74) is 4.40. The zero-order valence-electron chi connectivity index (χ0n) is 20.3. The molecule has 0 aliphatic carbocycles. The number of H-pyrrole nitrogens is 1. The number of rotatable bonds is 5. The van der Waals surface area contributed by atoms with E-state index in [1.165, 1.54) is 44.0 Å². The molecule has 1 saturated heterocycles. The lowest BCUT2D eigenvalue weighted by atomic mass is 9.95. The maximum absolute atomic E-state index is 10.9. The Morgan fingerprint density at radius 1 is 0.939 bits per heavy atom. The number of aromatic amines is 1. The van der Waals surface area contributed by atoms with E-state index in [2.05, 4.69) is 42.9 Å². The normalized spacial score (nSPS) is 13.8. The number of carbonyl (C=O) groups excluding carboxylic acids is 1. The van der Waals surface area contributed by atoms with Crippen LogP contribution in [0.5, 0.6) is 0 Å². The van der Waals surface area contributed by atoms with Crippen LogP contribution in [-0.4, -0.2) is 36.3 Å². The van der Waals surface area contributed by atoms with Gasteiger partial charge in [0.1, 0.15) is 6.29 Å². The number of hydrogen-bond acceptors (Lipinski definition) is 3. The van der Waals surface area contributed by atoms with Crippen molar-refractivity contribution in [3.05, 3.63) is 94.4 Å². The quantitative estimate of drug-likeness (QED) is 0.496. The summed E-state index contributed by atoms with van der Waals surface area (Å²) in [6.07, 6.45) is 8.18. The van der Waals surface area contributed by atoms with Crippen LogP contribution >= 0.6 is 0 Å². The predicted molar refractivity (Wildman–Crippen MR) is 139 cm³/mol. The van der Waals surface area contributed by atoms with Gasteiger partial charge in [-0.25, -0.2) is 0 Å². The molecule has 0 unspecified atom stereocenters. The Bertz CT molecular complexity index is 952. The second-order valence-electron chi connectivity index (χ2n) is 8.65. The van der Waals surface area contributed by atoms with E-state index in [0.717, 1.165) is 35.3 Å². The van der Waals surface area contributed by atoms with Crippen LogP contribution in [0.3, 0.4) is 0 Å². The Hall–Kier alpha value is -2.98. The molecule has 1 fully saturated rings. The summed E-state index contributed by atoms with van der Waals surface area (Å²) >= 11 is 0. The van der Waals surface area contributed by atoms with E-state index in [1.807, 2.05) is 42.5 Å². The van der Waals surface area contributed by atoms with Crippen molar-refractivity contribution in [3.63, 3.8) is 0 Å². The monoisotopic (exact) mass is 446 g/mol. The third-order valence-electron chi connectivity index (χ3n) is 5.98. The van der Waals surface area contributed by atoms with E-state index >= 15 is 0 Å². The maximum atomic E-state index is 10.9. The molecule has 0 amide bonds. The van der Waals surface area contributed by atoms with Crippen LogP contribution < -0.4 is 5.56 Å². The SMILES string of the molecule is CCC1CCN(C)CC1.Cc1ccccc1.O=CCCc1ccc(-c2ccc(=O)[nH]c2)cc1. The average molecular weight is 447 g/mol. The highest BCUT2D eigenvalue weighted by molar-refractivity contribution is 5.62. The number of likely N-dealkylation sites (tertiary alicyclic amines) is 1. The zero-order valence-corrected chi connectivity index (χ0v) is 20.3. The van der Waals surface area contributed by atoms with Crippen molar-refractivity contribution in [2.24, 2.45) is 5.92 Å². The number of aldehydes is 1. The van der Waals surface area contributed by atoms with Gasteiger partial charge in [0.15, 0.2) is 0 Å². The van der Waals surface area contributed by atoms with Crippen LogP contribution in [0, 0.1) is 12.8 Å². The van der Waals surface area contributed by atoms with Gasteiger partial charge in [0, 0.05) is 18.7 Å². The molecule has 2 heterocycles. The summed E-state index contributed by atoms with van der Waals surface area (Å²) in [7, 11) is 2.21. The molecule has 0 bridgehead atoms. The minimum Gasteiger partial charge on any atom is -0.328 e. The number of pyridine rings is 1. The Labute approximate surface area is 198 Å². The molecule has 1 aromatic heterocycles. The van der Waals surface area contributed by atoms with Gasteiger partial charge in [0.05, 0.1) is 0 Å². The number of aromatic nitrogens is 1. The van der Waals surface area contributed by atoms with Gasteiger partial charge >= 0.3 is 0 Å². The molecule has 1 aliphatic heterocycles. The van der Waals surface area contributed by atoms with Gasteiger partial charge in [0.2, 0.25) is 5.56 Å². The fourth-order valence-electron chi connectivity index (χ4n) is 3.68. The van der Waals surface area contributed by atoms with Gasteiger partial charge < -0.3 is 14.7 Å². The van der Waals surface area contributed by atoms with Crippen molar-refractivity contribution in [2.45, 2.75) is 46.0 Å². The molecule has 33 heavy (non-hydrogen) atoms. The topological polar surface area (TPSA) is 53.2 Å². The summed E-state index contributed by atoms with van der Waals surface area (Å²) in [4.78, 5) is 26.3. The molecule has 4 nitrogen and oxygen atoms in total. The Morgan fingerprint density at radius 2 is 1.58 bits per heavy atom. The molecule has 0 radical (unpaired) electrons. The second kappa shape index (κ2) is 15.0. The van der Waals surface area contributed by atoms with Crippen LogP contribution in [0.2, 0.25) is 0 Å². The van der Waals surface area contributed by atoms with Gasteiger partial charge in [-0.15, -0.1) is 0 Å². The van der Waals surface area contributed by atoms with Crippen molar-refractivity contribution < 1.29 is 4.79 Å². The fraction of sp³-hybridized carbons (Fsp3) is 0.379. The maximum Gasteiger partial charge on any atom is 0.247 e. The first kappa shape index (κ1) is 26.3. The van der Waals surface area contributed by atoms with Gasteiger partial charge in [0.25, 0.3) is 0 Å². The van der Waals surface area contributed by atoms with Crippen LogP contribution in [-0.2, 0) is 11.2 Å². The predicted octanol–water partition coefficient (Wildman–Crippen LogP) is 5.91. The smallest absolute Gasteiger partial charge is 0.247 e. The summed E-state index contributed by atoms with van der Waals surface area (Å²) < 4.78 is 0. The van der Waals surface area contributed by atoms with Gasteiger partial charge in [-0.3, -0.25) is 4.79 Å². The molecule has 4 rings (SSSR count). The minimum atomic E-state index is -0.101. The third kappa shape index (κ3) is 10.5. The number of nitrogens with zero attached hydrogens (tertiary/aromatic N) is 1. The molecule has 0 saturated carbocycles. The number of carbonyl (C=O) groups is 1. The number of hydrogen-bond donors (Lipinski definition) is 1. The van der Waals surface area contributed by atoms with Gasteiger partial charge in [-0.2, -0.15) is 0 Å². The summed E-state index contributed by atoms with van der Waals surface area (Å²) in [5, 5.41) is 0. The van der Waals surface area contributed by atoms with Crippen LogP contribution in [0.4, 0.5) is 0 Å². The number of nitrogens with one attached hydrogen (secondary N) is 1. The molecule has 1 aliphatic rings. The molecule has 0 spiro atoms. The molecule has 1 N–H and O–H groups in total. The molecular weight excluding hydrogens is 408 g/mol. The van der Waals surface area contributed by atoms with Crippen molar-refractivity contribution >= 4 is 6.29 Å². The van der Waals surface area contributed by atoms with Crippen LogP contribution in [0.1, 0.15) is 43.7 Å². The first-order chi connectivity index (χ1) is 16.0. The van der Waals surface area contributed by atoms with E-state index in [4.69, 9.17) is 0 Å². The lowest BCUT2D eigenvalue weighted by molar-refractivity contribution is -0.107. The van der Waals surface area contributed by atoms with E-state index in [-0.39, 0.29) is 5.56 Å². The Kier molecular flexibility index (Phi) is 11.9. The summed E-state index contributed by atoms with van der Waals surface area (Å²) in [5.74, 6) is 1.03. The first-order valence-corrected chi connectivity index (χ1v) is 11.9. The second-order valence-corrected chi connectivity index (χ2v) is 8.65. The Balaban J connectivity index is 0.000000201. The van der Waals surface area contributed by atoms with E-state index in [0.29, 0.717) is 6.42 Å². The average Bonchev–Trinajstić information content (AvgIpc) is 2.85. The largest absolute Gasteiger partial charge is 0.328 e. The molecule has 4 heteroatoms. The molecule has 2 aromatic carbocycles. The number of piperidine rings is 1. The lowest BCUT2D eigenvalue weighted by Crippen LogP contribution is -2.29. The van der Waals surface area contributed by atoms with Crippen molar-refractivity contribution in [3.8, 4) is 11.1 Å². The Morgan fingerprint density at radius 3 is 2.06 bits per heavy atom. The minimum absolute atomic E-state index is 0.101. The summed E-state index contributed by atoms with van der Waals surface area (Å²) in [6, 6.07) is 21.6. The van der Waals surface area contributed by atoms with E-state index in [9.17, 15) is 9.59 Å². The number of benzene rings is 2. The van der Waals surface area contributed by atoms with Crippen molar-refractivity contribution in [1.29, 1.82) is 0 Å². The zero-order chi connectivity index (χ0) is 23.9. The highest BCUT2D eigenvalue weighted by Gasteiger charge is 2.13. The molecule has 176 valence electrons. The highest BCUT2D eigenvalue weighted by Crippen LogP contribution is 2.19. The van der Waals surface area contributed by atoms with E-state index in [1.54, 1.807) is 12.3 Å². The van der Waals surface area contributed by atoms with Crippen LogP contribution in [0.25, 0.3) is 11.1 Å². The standard InChI is InChI=1S/C14H13NO2.C8H17N.C7H8/c16-9-1-2-11-3-5-12(6-4-11)13-7-8-14(17)15-10-13;1-3-8-4-6-9(2)7-5-8;1-7-5-3-2-4-6-7/h3-10H,1-2H2,(H,15,17);8H,3-7H2,1-2H3;2-6H,1H3. The summed E-state index contributed by atoms with van der Waals surface area (Å²) in [6.45, 7) is 7.02. The first-order valence-electron chi connectivity index (χ1n) is 11.9. The van der Waals surface area contributed by atoms with Gasteiger partial charge in [-0.1, -0.05) is 73.5 Å². The molecule has 3 aromatic rings. The molecular formula is C29H38N2O2. The lowest BCUT2D eigenvalue weighted by Gasteiger charge is -2.27.